The summed E-state index contributed by atoms with van der Waals surface area (Å²) >= 11 is 1.33. The van der Waals surface area contributed by atoms with Crippen LogP contribution in [0.3, 0.4) is 0 Å². The number of thiophene rings is 1. The van der Waals surface area contributed by atoms with Crippen molar-refractivity contribution in [3.63, 3.8) is 0 Å². The van der Waals surface area contributed by atoms with Crippen molar-refractivity contribution < 1.29 is 19.1 Å². The number of ether oxygens (including phenoxy) is 1. The predicted octanol–water partition coefficient (Wildman–Crippen LogP) is 4.68. The molecule has 3 aromatic rings. The minimum Gasteiger partial charge on any atom is -0.454 e. The van der Waals surface area contributed by atoms with E-state index in [4.69, 9.17) is 4.74 Å². The first kappa shape index (κ1) is 20.5. The summed E-state index contributed by atoms with van der Waals surface area (Å²) in [4.78, 5) is 39.6. The summed E-state index contributed by atoms with van der Waals surface area (Å²) in [7, 11) is 1.61. The summed E-state index contributed by atoms with van der Waals surface area (Å²) in [5.41, 5.74) is 3.24. The zero-order valence-electron chi connectivity index (χ0n) is 16.5. The highest BCUT2D eigenvalue weighted by Gasteiger charge is 2.21. The molecule has 0 atom stereocenters. The van der Waals surface area contributed by atoms with Crippen LogP contribution in [0, 0.1) is 13.8 Å². The van der Waals surface area contributed by atoms with Crippen molar-refractivity contribution in [1.82, 2.24) is 0 Å². The Morgan fingerprint density at radius 2 is 1.72 bits per heavy atom. The van der Waals surface area contributed by atoms with E-state index in [9.17, 15) is 14.4 Å². The second kappa shape index (κ2) is 8.84. The second-order valence-corrected chi connectivity index (χ2v) is 7.60. The number of anilines is 1. The standard InChI is InChI=1S/C23H21NO4S/c1-15-10-11-17(13-16(15)2)20(25)14-28-23(27)18-7-4-5-8-19(18)24(3)22(26)21-9-6-12-29-21/h4-13H,14H2,1-3H3. The Balaban J connectivity index is 1.73. The van der Waals surface area contributed by atoms with Gasteiger partial charge in [0.05, 0.1) is 16.1 Å². The number of aryl methyl sites for hydroxylation is 2. The van der Waals surface area contributed by atoms with Gasteiger partial charge in [-0.05, 0) is 54.6 Å². The fourth-order valence-electron chi connectivity index (χ4n) is 2.82. The van der Waals surface area contributed by atoms with Crippen LogP contribution < -0.4 is 4.90 Å². The van der Waals surface area contributed by atoms with E-state index < -0.39 is 5.97 Å². The SMILES string of the molecule is Cc1ccc(C(=O)COC(=O)c2ccccc2N(C)C(=O)c2cccs2)cc1C. The van der Waals surface area contributed by atoms with Crippen molar-refractivity contribution in [2.45, 2.75) is 13.8 Å². The van der Waals surface area contributed by atoms with E-state index in [2.05, 4.69) is 0 Å². The van der Waals surface area contributed by atoms with Crippen molar-refractivity contribution in [3.8, 4) is 0 Å². The van der Waals surface area contributed by atoms with Gasteiger partial charge >= 0.3 is 5.97 Å². The highest BCUT2D eigenvalue weighted by Crippen LogP contribution is 2.23. The number of ketones is 1. The molecule has 0 spiro atoms. The van der Waals surface area contributed by atoms with E-state index in [0.717, 1.165) is 11.1 Å². The number of carbonyl (C=O) groups is 3. The third kappa shape index (κ3) is 4.60. The Morgan fingerprint density at radius 3 is 2.41 bits per heavy atom. The van der Waals surface area contributed by atoms with Gasteiger partial charge in [-0.1, -0.05) is 30.3 Å². The van der Waals surface area contributed by atoms with E-state index in [1.807, 2.05) is 25.3 Å². The summed E-state index contributed by atoms with van der Waals surface area (Å²) in [5.74, 6) is -1.14. The summed E-state index contributed by atoms with van der Waals surface area (Å²) in [6.45, 7) is 3.53. The molecule has 0 saturated carbocycles. The fraction of sp³-hybridized carbons (Fsp3) is 0.174. The first-order valence-electron chi connectivity index (χ1n) is 9.06. The van der Waals surface area contributed by atoms with Gasteiger partial charge in [0, 0.05) is 12.6 Å². The van der Waals surface area contributed by atoms with Crippen LogP contribution in [0.2, 0.25) is 0 Å². The monoisotopic (exact) mass is 407 g/mol. The first-order chi connectivity index (χ1) is 13.9. The van der Waals surface area contributed by atoms with Crippen molar-refractivity contribution in [2.75, 3.05) is 18.6 Å². The molecule has 0 aliphatic rings. The van der Waals surface area contributed by atoms with E-state index >= 15 is 0 Å². The molecule has 0 saturated heterocycles. The van der Waals surface area contributed by atoms with Crippen molar-refractivity contribution in [3.05, 3.63) is 87.1 Å². The van der Waals surface area contributed by atoms with Gasteiger partial charge in [-0.3, -0.25) is 9.59 Å². The van der Waals surface area contributed by atoms with Crippen LogP contribution in [-0.2, 0) is 4.74 Å². The topological polar surface area (TPSA) is 63.7 Å². The van der Waals surface area contributed by atoms with Crippen LogP contribution in [0.15, 0.2) is 60.0 Å². The number of nitrogens with zero attached hydrogens (tertiary/aromatic N) is 1. The van der Waals surface area contributed by atoms with Gasteiger partial charge < -0.3 is 9.64 Å². The molecule has 6 heteroatoms. The predicted molar refractivity (Wildman–Crippen MR) is 114 cm³/mol. The molecule has 0 radical (unpaired) electrons. The minimum absolute atomic E-state index is 0.216. The van der Waals surface area contributed by atoms with Crippen molar-refractivity contribution >= 4 is 34.7 Å². The summed E-state index contributed by atoms with van der Waals surface area (Å²) in [6, 6.07) is 15.6. The molecule has 0 aliphatic heterocycles. The third-order valence-corrected chi connectivity index (χ3v) is 5.54. The van der Waals surface area contributed by atoms with Gasteiger partial charge in [-0.2, -0.15) is 0 Å². The summed E-state index contributed by atoms with van der Waals surface area (Å²) < 4.78 is 5.25. The summed E-state index contributed by atoms with van der Waals surface area (Å²) in [5, 5.41) is 1.82. The molecule has 0 N–H and O–H groups in total. The lowest BCUT2D eigenvalue weighted by atomic mass is 10.0. The van der Waals surface area contributed by atoms with Crippen LogP contribution in [-0.4, -0.2) is 31.3 Å². The number of amides is 1. The Labute approximate surface area is 173 Å². The number of Topliss-reactive ketones (excluding diaryl/α,β-unsaturated/α-hetero) is 1. The third-order valence-electron chi connectivity index (χ3n) is 4.69. The number of benzene rings is 2. The fourth-order valence-corrected chi connectivity index (χ4v) is 3.52. The molecule has 148 valence electrons. The molecule has 1 amide bonds. The molecule has 0 unspecified atom stereocenters. The number of rotatable bonds is 6. The molecule has 2 aromatic carbocycles. The van der Waals surface area contributed by atoms with Crippen molar-refractivity contribution in [2.24, 2.45) is 0 Å². The molecular weight excluding hydrogens is 386 g/mol. The lowest BCUT2D eigenvalue weighted by Gasteiger charge is -2.19. The average Bonchev–Trinajstić information content (AvgIpc) is 3.27. The van der Waals surface area contributed by atoms with Crippen LogP contribution in [0.1, 0.15) is 41.5 Å². The Bertz CT molecular complexity index is 1060. The maximum Gasteiger partial charge on any atom is 0.340 e. The van der Waals surface area contributed by atoms with Gasteiger partial charge in [-0.15, -0.1) is 11.3 Å². The van der Waals surface area contributed by atoms with Gasteiger partial charge in [0.2, 0.25) is 0 Å². The Kier molecular flexibility index (Phi) is 6.24. The highest BCUT2D eigenvalue weighted by molar-refractivity contribution is 7.12. The van der Waals surface area contributed by atoms with Gasteiger partial charge in [0.1, 0.15) is 0 Å². The molecule has 0 bridgehead atoms. The lowest BCUT2D eigenvalue weighted by Crippen LogP contribution is -2.27. The van der Waals surface area contributed by atoms with E-state index in [0.29, 0.717) is 16.1 Å². The smallest absolute Gasteiger partial charge is 0.340 e. The number of hydrogen-bond donors (Lipinski definition) is 0. The first-order valence-corrected chi connectivity index (χ1v) is 9.94. The number of carbonyl (C=O) groups excluding carboxylic acids is 3. The number of esters is 1. The molecule has 0 fully saturated rings. The van der Waals surface area contributed by atoms with Crippen LogP contribution in [0.5, 0.6) is 0 Å². The number of hydrogen-bond acceptors (Lipinski definition) is 5. The normalized spacial score (nSPS) is 10.4. The molecule has 0 aliphatic carbocycles. The van der Waals surface area contributed by atoms with Gasteiger partial charge in [-0.25, -0.2) is 4.79 Å². The maximum atomic E-state index is 12.6. The van der Waals surface area contributed by atoms with Gasteiger partial charge in [0.25, 0.3) is 5.91 Å². The molecular formula is C23H21NO4S. The Morgan fingerprint density at radius 1 is 0.966 bits per heavy atom. The number of para-hydroxylation sites is 1. The molecule has 1 heterocycles. The average molecular weight is 407 g/mol. The zero-order chi connectivity index (χ0) is 21.0. The highest BCUT2D eigenvalue weighted by atomic mass is 32.1. The van der Waals surface area contributed by atoms with E-state index in [1.54, 1.807) is 55.6 Å². The van der Waals surface area contributed by atoms with Crippen molar-refractivity contribution in [1.29, 1.82) is 0 Å². The second-order valence-electron chi connectivity index (χ2n) is 6.66. The molecule has 1 aromatic heterocycles. The molecule has 29 heavy (non-hydrogen) atoms. The zero-order valence-corrected chi connectivity index (χ0v) is 17.3. The van der Waals surface area contributed by atoms with Crippen LogP contribution in [0.4, 0.5) is 5.69 Å². The Hall–Kier alpha value is -3.25. The van der Waals surface area contributed by atoms with Crippen LogP contribution >= 0.6 is 11.3 Å². The lowest BCUT2D eigenvalue weighted by molar-refractivity contribution is 0.0475. The molecule has 5 nitrogen and oxygen atoms in total. The molecule has 3 rings (SSSR count). The van der Waals surface area contributed by atoms with Gasteiger partial charge in [0.15, 0.2) is 12.4 Å². The van der Waals surface area contributed by atoms with E-state index in [-0.39, 0.29) is 23.9 Å². The quantitative estimate of drug-likeness (QED) is 0.440. The largest absolute Gasteiger partial charge is 0.454 e. The maximum absolute atomic E-state index is 12.6. The van der Waals surface area contributed by atoms with E-state index in [1.165, 1.54) is 16.2 Å². The summed E-state index contributed by atoms with van der Waals surface area (Å²) in [6.07, 6.45) is 0. The van der Waals surface area contributed by atoms with Crippen LogP contribution in [0.25, 0.3) is 0 Å². The minimum atomic E-state index is -0.649.